The molecular formula is C13H16N4O. The molecule has 0 aliphatic heterocycles. The van der Waals surface area contributed by atoms with Crippen LogP contribution in [0.25, 0.3) is 0 Å². The third-order valence-electron chi connectivity index (χ3n) is 2.58. The molecule has 0 aliphatic rings. The van der Waals surface area contributed by atoms with Gasteiger partial charge in [0, 0.05) is 19.8 Å². The van der Waals surface area contributed by atoms with E-state index in [1.807, 2.05) is 36.2 Å². The normalized spacial score (nSPS) is 10.1. The van der Waals surface area contributed by atoms with Crippen LogP contribution in [0.1, 0.15) is 5.56 Å². The van der Waals surface area contributed by atoms with Crippen LogP contribution in [-0.2, 0) is 6.54 Å². The maximum Gasteiger partial charge on any atom is 0.227 e. The standard InChI is InChI=1S/C13H16N4O/c1-17(13-15-8-7-12(14)16-13)9-10-3-5-11(18-2)6-4-10/h3-8H,9H2,1-2H3,(H2,14,15,16). The second kappa shape index (κ2) is 5.35. The molecule has 0 saturated heterocycles. The average Bonchev–Trinajstić information content (AvgIpc) is 2.39. The first-order chi connectivity index (χ1) is 8.69. The summed E-state index contributed by atoms with van der Waals surface area (Å²) in [5.41, 5.74) is 6.79. The van der Waals surface area contributed by atoms with E-state index in [2.05, 4.69) is 9.97 Å². The minimum atomic E-state index is 0.474. The van der Waals surface area contributed by atoms with Crippen LogP contribution in [0.15, 0.2) is 36.5 Å². The minimum Gasteiger partial charge on any atom is -0.497 e. The first kappa shape index (κ1) is 12.2. The fourth-order valence-electron chi connectivity index (χ4n) is 1.62. The summed E-state index contributed by atoms with van der Waals surface area (Å²) in [7, 11) is 3.58. The number of aromatic nitrogens is 2. The molecule has 5 heteroatoms. The van der Waals surface area contributed by atoms with E-state index in [4.69, 9.17) is 10.5 Å². The number of hydrogen-bond acceptors (Lipinski definition) is 5. The highest BCUT2D eigenvalue weighted by atomic mass is 16.5. The largest absolute Gasteiger partial charge is 0.497 e. The zero-order valence-corrected chi connectivity index (χ0v) is 10.5. The number of nitrogens with zero attached hydrogens (tertiary/aromatic N) is 3. The van der Waals surface area contributed by atoms with E-state index in [-0.39, 0.29) is 0 Å². The topological polar surface area (TPSA) is 64.3 Å². The zero-order valence-electron chi connectivity index (χ0n) is 10.5. The molecule has 1 aromatic heterocycles. The zero-order chi connectivity index (χ0) is 13.0. The second-order valence-corrected chi connectivity index (χ2v) is 3.99. The molecule has 0 saturated carbocycles. The highest BCUT2D eigenvalue weighted by Crippen LogP contribution is 2.15. The van der Waals surface area contributed by atoms with Gasteiger partial charge in [-0.05, 0) is 23.8 Å². The summed E-state index contributed by atoms with van der Waals surface area (Å²) in [5, 5.41) is 0. The Bertz CT molecular complexity index is 513. The first-order valence-electron chi connectivity index (χ1n) is 5.61. The summed E-state index contributed by atoms with van der Waals surface area (Å²) in [5.74, 6) is 1.94. The van der Waals surface area contributed by atoms with Gasteiger partial charge in [0.1, 0.15) is 11.6 Å². The Morgan fingerprint density at radius 1 is 1.22 bits per heavy atom. The molecule has 1 heterocycles. The molecule has 0 bridgehead atoms. The van der Waals surface area contributed by atoms with E-state index in [0.717, 1.165) is 11.3 Å². The van der Waals surface area contributed by atoms with Crippen molar-refractivity contribution in [3.8, 4) is 5.75 Å². The van der Waals surface area contributed by atoms with Crippen molar-refractivity contribution in [3.05, 3.63) is 42.1 Å². The van der Waals surface area contributed by atoms with Gasteiger partial charge in [-0.3, -0.25) is 0 Å². The van der Waals surface area contributed by atoms with Crippen LogP contribution in [0.4, 0.5) is 11.8 Å². The number of ether oxygens (including phenoxy) is 1. The highest BCUT2D eigenvalue weighted by Gasteiger charge is 2.05. The van der Waals surface area contributed by atoms with Gasteiger partial charge in [-0.25, -0.2) is 4.98 Å². The van der Waals surface area contributed by atoms with Crippen molar-refractivity contribution >= 4 is 11.8 Å². The number of rotatable bonds is 4. The third-order valence-corrected chi connectivity index (χ3v) is 2.58. The summed E-state index contributed by atoms with van der Waals surface area (Å²) in [6, 6.07) is 9.57. The van der Waals surface area contributed by atoms with Crippen LogP contribution in [0.3, 0.4) is 0 Å². The Morgan fingerprint density at radius 3 is 2.56 bits per heavy atom. The number of methoxy groups -OCH3 is 1. The van der Waals surface area contributed by atoms with Crippen LogP contribution < -0.4 is 15.4 Å². The van der Waals surface area contributed by atoms with Crippen molar-refractivity contribution < 1.29 is 4.74 Å². The van der Waals surface area contributed by atoms with Crippen LogP contribution in [0.2, 0.25) is 0 Å². The fourth-order valence-corrected chi connectivity index (χ4v) is 1.62. The molecule has 0 aliphatic carbocycles. The molecule has 2 aromatic rings. The lowest BCUT2D eigenvalue weighted by atomic mass is 10.2. The third kappa shape index (κ3) is 2.88. The van der Waals surface area contributed by atoms with E-state index in [0.29, 0.717) is 18.3 Å². The van der Waals surface area contributed by atoms with Crippen molar-refractivity contribution in [1.29, 1.82) is 0 Å². The predicted octanol–water partition coefficient (Wildman–Crippen LogP) is 1.70. The number of nitrogens with two attached hydrogens (primary N) is 1. The summed E-state index contributed by atoms with van der Waals surface area (Å²) in [6.45, 7) is 0.716. The van der Waals surface area contributed by atoms with Gasteiger partial charge >= 0.3 is 0 Å². The molecule has 0 spiro atoms. The Kier molecular flexibility index (Phi) is 3.62. The van der Waals surface area contributed by atoms with Gasteiger partial charge in [0.05, 0.1) is 7.11 Å². The van der Waals surface area contributed by atoms with E-state index in [9.17, 15) is 0 Å². The summed E-state index contributed by atoms with van der Waals surface area (Å²) in [6.07, 6.45) is 1.65. The molecule has 0 amide bonds. The molecule has 94 valence electrons. The lowest BCUT2D eigenvalue weighted by Crippen LogP contribution is -2.19. The van der Waals surface area contributed by atoms with Gasteiger partial charge in [-0.2, -0.15) is 4.98 Å². The lowest BCUT2D eigenvalue weighted by molar-refractivity contribution is 0.414. The van der Waals surface area contributed by atoms with Crippen LogP contribution in [0.5, 0.6) is 5.75 Å². The lowest BCUT2D eigenvalue weighted by Gasteiger charge is -2.17. The Hall–Kier alpha value is -2.30. The van der Waals surface area contributed by atoms with Gasteiger partial charge in [0.25, 0.3) is 0 Å². The van der Waals surface area contributed by atoms with Gasteiger partial charge in [0.15, 0.2) is 0 Å². The van der Waals surface area contributed by atoms with Crippen molar-refractivity contribution in [2.75, 3.05) is 24.8 Å². The number of nitrogen functional groups attached to an aromatic ring is 1. The van der Waals surface area contributed by atoms with E-state index < -0.39 is 0 Å². The average molecular weight is 244 g/mol. The number of benzene rings is 1. The molecule has 2 N–H and O–H groups in total. The van der Waals surface area contributed by atoms with Crippen LogP contribution in [-0.4, -0.2) is 24.1 Å². The Labute approximate surface area is 106 Å². The second-order valence-electron chi connectivity index (χ2n) is 3.99. The first-order valence-corrected chi connectivity index (χ1v) is 5.61. The summed E-state index contributed by atoms with van der Waals surface area (Å²) >= 11 is 0. The predicted molar refractivity (Wildman–Crippen MR) is 71.5 cm³/mol. The van der Waals surface area contributed by atoms with Crippen molar-refractivity contribution in [3.63, 3.8) is 0 Å². The number of hydrogen-bond donors (Lipinski definition) is 1. The molecule has 5 nitrogen and oxygen atoms in total. The van der Waals surface area contributed by atoms with Gasteiger partial charge in [-0.15, -0.1) is 0 Å². The number of anilines is 2. The van der Waals surface area contributed by atoms with E-state index in [1.54, 1.807) is 19.4 Å². The Morgan fingerprint density at radius 2 is 1.94 bits per heavy atom. The van der Waals surface area contributed by atoms with E-state index in [1.165, 1.54) is 0 Å². The SMILES string of the molecule is COc1ccc(CN(C)c2nccc(N)n2)cc1. The van der Waals surface area contributed by atoms with Crippen LogP contribution >= 0.6 is 0 Å². The molecule has 2 rings (SSSR count). The van der Waals surface area contributed by atoms with Crippen molar-refractivity contribution in [2.45, 2.75) is 6.54 Å². The smallest absolute Gasteiger partial charge is 0.227 e. The monoisotopic (exact) mass is 244 g/mol. The van der Waals surface area contributed by atoms with Gasteiger partial charge in [0.2, 0.25) is 5.95 Å². The Balaban J connectivity index is 2.08. The van der Waals surface area contributed by atoms with Crippen LogP contribution in [0, 0.1) is 0 Å². The maximum atomic E-state index is 5.63. The van der Waals surface area contributed by atoms with Crippen molar-refractivity contribution in [2.24, 2.45) is 0 Å². The van der Waals surface area contributed by atoms with Crippen molar-refractivity contribution in [1.82, 2.24) is 9.97 Å². The van der Waals surface area contributed by atoms with E-state index >= 15 is 0 Å². The molecule has 0 radical (unpaired) electrons. The molecular weight excluding hydrogens is 228 g/mol. The molecule has 1 aromatic carbocycles. The maximum absolute atomic E-state index is 5.63. The highest BCUT2D eigenvalue weighted by molar-refractivity contribution is 5.38. The summed E-state index contributed by atoms with van der Waals surface area (Å²) < 4.78 is 5.12. The van der Waals surface area contributed by atoms with Gasteiger partial charge in [-0.1, -0.05) is 12.1 Å². The molecule has 0 unspecified atom stereocenters. The molecule has 18 heavy (non-hydrogen) atoms. The molecule has 0 fully saturated rings. The fraction of sp³-hybridized carbons (Fsp3) is 0.231. The molecule has 0 atom stereocenters. The quantitative estimate of drug-likeness (QED) is 0.886. The van der Waals surface area contributed by atoms with Gasteiger partial charge < -0.3 is 15.4 Å². The summed E-state index contributed by atoms with van der Waals surface area (Å²) in [4.78, 5) is 10.3. The minimum absolute atomic E-state index is 0.474.